The molecule has 1 saturated carbocycles. The molecule has 11 heteroatoms. The molecule has 2 bridgehead atoms. The van der Waals surface area contributed by atoms with Crippen LogP contribution in [0.4, 0.5) is 26.3 Å². The molecule has 3 atom stereocenters. The van der Waals surface area contributed by atoms with Crippen LogP contribution in [0.15, 0.2) is 36.5 Å². The maximum atomic E-state index is 13.2. The molecule has 2 saturated heterocycles. The Morgan fingerprint density at radius 2 is 1.49 bits per heavy atom. The Morgan fingerprint density at radius 1 is 0.829 bits per heavy atom. The Labute approximate surface area is 197 Å². The molecule has 3 aliphatic rings. The van der Waals surface area contributed by atoms with Gasteiger partial charge in [-0.1, -0.05) is 0 Å². The highest BCUT2D eigenvalue weighted by Gasteiger charge is 2.44. The van der Waals surface area contributed by atoms with Gasteiger partial charge in [0.05, 0.1) is 17.7 Å². The number of rotatable bonds is 7. The van der Waals surface area contributed by atoms with Crippen LogP contribution in [0.5, 0.6) is 17.4 Å². The van der Waals surface area contributed by atoms with Gasteiger partial charge in [-0.2, -0.15) is 26.3 Å². The zero-order chi connectivity index (χ0) is 24.8. The van der Waals surface area contributed by atoms with E-state index < -0.39 is 23.5 Å². The minimum absolute atomic E-state index is 0.0480. The summed E-state index contributed by atoms with van der Waals surface area (Å²) in [5.41, 5.74) is -1.64. The molecule has 0 radical (unpaired) electrons. The van der Waals surface area contributed by atoms with Crippen LogP contribution < -0.4 is 14.3 Å². The average molecular weight is 502 g/mol. The SMILES string of the molecule is FC(F)(F)c1ccc(ON2[C@@H]3CC[C@H]2CC(Oc2ccc(C(F)(F)F)cc2OCC2CC2)C3)nc1. The smallest absolute Gasteiger partial charge is 0.417 e. The fraction of sp³-hybridized carbons (Fsp3) is 0.542. The minimum Gasteiger partial charge on any atom is -0.489 e. The molecule has 0 N–H and O–H groups in total. The number of hydrogen-bond donors (Lipinski definition) is 0. The van der Waals surface area contributed by atoms with Gasteiger partial charge in [-0.15, -0.1) is 5.06 Å². The number of benzene rings is 1. The van der Waals surface area contributed by atoms with Gasteiger partial charge in [0.2, 0.25) is 5.88 Å². The summed E-state index contributed by atoms with van der Waals surface area (Å²) in [6, 6.07) is 5.30. The topological polar surface area (TPSA) is 43.8 Å². The summed E-state index contributed by atoms with van der Waals surface area (Å²) in [7, 11) is 0. The van der Waals surface area contributed by atoms with Crippen LogP contribution in [0.1, 0.15) is 49.7 Å². The van der Waals surface area contributed by atoms with Gasteiger partial charge in [-0.3, -0.25) is 0 Å². The van der Waals surface area contributed by atoms with Crippen molar-refractivity contribution in [3.05, 3.63) is 47.7 Å². The van der Waals surface area contributed by atoms with Gasteiger partial charge in [-0.25, -0.2) is 4.98 Å². The van der Waals surface area contributed by atoms with Gasteiger partial charge in [0, 0.05) is 37.2 Å². The molecule has 1 aliphatic carbocycles. The number of halogens is 6. The first-order chi connectivity index (χ1) is 16.6. The molecule has 1 aromatic heterocycles. The van der Waals surface area contributed by atoms with Crippen LogP contribution in [0.25, 0.3) is 0 Å². The van der Waals surface area contributed by atoms with Crippen LogP contribution in [0.2, 0.25) is 0 Å². The first kappa shape index (κ1) is 24.0. The third-order valence-corrected chi connectivity index (χ3v) is 6.62. The quantitative estimate of drug-likeness (QED) is 0.417. The highest BCUT2D eigenvalue weighted by molar-refractivity contribution is 5.44. The third kappa shape index (κ3) is 5.60. The van der Waals surface area contributed by atoms with Crippen molar-refractivity contribution in [2.24, 2.45) is 5.92 Å². The Morgan fingerprint density at radius 3 is 2.06 bits per heavy atom. The number of hydrogen-bond acceptors (Lipinski definition) is 5. The monoisotopic (exact) mass is 502 g/mol. The molecular formula is C24H24F6N2O3. The molecule has 1 aromatic carbocycles. The van der Waals surface area contributed by atoms with E-state index in [1.807, 2.05) is 0 Å². The molecule has 35 heavy (non-hydrogen) atoms. The van der Waals surface area contributed by atoms with Crippen molar-refractivity contribution in [3.8, 4) is 17.4 Å². The van der Waals surface area contributed by atoms with E-state index in [0.717, 1.165) is 50.1 Å². The van der Waals surface area contributed by atoms with Crippen LogP contribution in [-0.2, 0) is 12.4 Å². The van der Waals surface area contributed by atoms with E-state index in [4.69, 9.17) is 14.3 Å². The number of pyridine rings is 1. The van der Waals surface area contributed by atoms with Gasteiger partial charge in [0.25, 0.3) is 0 Å². The Hall–Kier alpha value is -2.69. The Bertz CT molecular complexity index is 1030. The zero-order valence-electron chi connectivity index (χ0n) is 18.6. The lowest BCUT2D eigenvalue weighted by Crippen LogP contribution is -2.48. The van der Waals surface area contributed by atoms with Crippen LogP contribution >= 0.6 is 0 Å². The van der Waals surface area contributed by atoms with E-state index in [1.165, 1.54) is 12.1 Å². The highest BCUT2D eigenvalue weighted by atomic mass is 19.4. The average Bonchev–Trinajstić information content (AvgIpc) is 3.58. The van der Waals surface area contributed by atoms with Crippen molar-refractivity contribution >= 4 is 0 Å². The maximum Gasteiger partial charge on any atom is 0.417 e. The van der Waals surface area contributed by atoms with E-state index >= 15 is 0 Å². The second kappa shape index (κ2) is 9.07. The van der Waals surface area contributed by atoms with Crippen molar-refractivity contribution in [1.82, 2.24) is 10.0 Å². The van der Waals surface area contributed by atoms with Gasteiger partial charge in [-0.05, 0) is 55.9 Å². The van der Waals surface area contributed by atoms with E-state index in [2.05, 4.69) is 4.98 Å². The van der Waals surface area contributed by atoms with E-state index in [9.17, 15) is 26.3 Å². The van der Waals surface area contributed by atoms with Gasteiger partial charge >= 0.3 is 12.4 Å². The van der Waals surface area contributed by atoms with Crippen molar-refractivity contribution in [1.29, 1.82) is 0 Å². The minimum atomic E-state index is -4.48. The number of fused-ring (bicyclic) bond motifs is 2. The molecule has 3 fully saturated rings. The van der Waals surface area contributed by atoms with Crippen molar-refractivity contribution in [2.75, 3.05) is 6.61 Å². The molecule has 5 rings (SSSR count). The normalized spacial score (nSPS) is 24.9. The summed E-state index contributed by atoms with van der Waals surface area (Å²) in [6.45, 7) is 0.356. The lowest BCUT2D eigenvalue weighted by molar-refractivity contribution is -0.143. The second-order valence-corrected chi connectivity index (χ2v) is 9.34. The van der Waals surface area contributed by atoms with Crippen LogP contribution in [0, 0.1) is 5.92 Å². The van der Waals surface area contributed by atoms with Crippen molar-refractivity contribution in [2.45, 2.75) is 69.1 Å². The summed E-state index contributed by atoms with van der Waals surface area (Å²) < 4.78 is 89.7. The lowest BCUT2D eigenvalue weighted by atomic mass is 10.0. The highest BCUT2D eigenvalue weighted by Crippen LogP contribution is 2.42. The number of aromatic nitrogens is 1. The summed E-state index contributed by atoms with van der Waals surface area (Å²) >= 11 is 0. The molecule has 0 spiro atoms. The Kier molecular flexibility index (Phi) is 6.23. The summed E-state index contributed by atoms with van der Waals surface area (Å²) in [5.74, 6) is 0.814. The fourth-order valence-corrected chi connectivity index (χ4v) is 4.61. The number of hydroxylamine groups is 2. The van der Waals surface area contributed by atoms with Crippen LogP contribution in [-0.4, -0.2) is 34.8 Å². The first-order valence-electron chi connectivity index (χ1n) is 11.6. The summed E-state index contributed by atoms with van der Waals surface area (Å²) in [5, 5.41) is 1.76. The predicted octanol–water partition coefficient (Wildman–Crippen LogP) is 6.28. The molecule has 190 valence electrons. The van der Waals surface area contributed by atoms with Crippen molar-refractivity contribution < 1.29 is 40.7 Å². The maximum absolute atomic E-state index is 13.2. The predicted molar refractivity (Wildman–Crippen MR) is 112 cm³/mol. The number of alkyl halides is 6. The van der Waals surface area contributed by atoms with Gasteiger partial charge in [0.1, 0.15) is 6.10 Å². The largest absolute Gasteiger partial charge is 0.489 e. The first-order valence-corrected chi connectivity index (χ1v) is 11.6. The fourth-order valence-electron chi connectivity index (χ4n) is 4.61. The molecule has 2 aromatic rings. The van der Waals surface area contributed by atoms with Gasteiger partial charge < -0.3 is 14.3 Å². The summed E-state index contributed by atoms with van der Waals surface area (Å²) in [6.07, 6.45) is -3.74. The molecule has 3 heterocycles. The summed E-state index contributed by atoms with van der Waals surface area (Å²) in [4.78, 5) is 9.59. The van der Waals surface area contributed by atoms with Gasteiger partial charge in [0.15, 0.2) is 11.5 Å². The van der Waals surface area contributed by atoms with E-state index in [1.54, 1.807) is 5.06 Å². The standard InChI is InChI=1S/C24H24F6N2O3/c25-23(26,27)15-3-7-20(21(9-15)33-13-14-1-2-14)34-19-10-17-5-6-18(11-19)32(17)35-22-8-4-16(12-31-22)24(28,29)30/h3-4,7-9,12,14,17-19H,1-2,5-6,10-11,13H2/t17-,18+,19?. The number of ether oxygens (including phenoxy) is 2. The van der Waals surface area contributed by atoms with Crippen LogP contribution in [0.3, 0.4) is 0 Å². The zero-order valence-corrected chi connectivity index (χ0v) is 18.6. The second-order valence-electron chi connectivity index (χ2n) is 9.34. The molecular weight excluding hydrogens is 478 g/mol. The molecule has 0 amide bonds. The Balaban J connectivity index is 1.25. The van der Waals surface area contributed by atoms with E-state index in [-0.39, 0.29) is 35.6 Å². The molecule has 2 aliphatic heterocycles. The van der Waals surface area contributed by atoms with E-state index in [0.29, 0.717) is 25.4 Å². The molecule has 5 nitrogen and oxygen atoms in total. The third-order valence-electron chi connectivity index (χ3n) is 6.62. The number of piperidine rings is 1. The number of nitrogens with zero attached hydrogens (tertiary/aromatic N) is 2. The molecule has 1 unspecified atom stereocenters. The lowest BCUT2D eigenvalue weighted by Gasteiger charge is -2.37. The van der Waals surface area contributed by atoms with Crippen molar-refractivity contribution in [3.63, 3.8) is 0 Å².